The molecule has 172 valence electrons. The summed E-state index contributed by atoms with van der Waals surface area (Å²) < 4.78 is 48.6. The summed E-state index contributed by atoms with van der Waals surface area (Å²) in [4.78, 5) is 11.2. The van der Waals surface area contributed by atoms with E-state index >= 15 is 0 Å². The van der Waals surface area contributed by atoms with Gasteiger partial charge in [0, 0.05) is 0 Å². The smallest absolute Gasteiger partial charge is 0.397 e. The van der Waals surface area contributed by atoms with Crippen LogP contribution in [0.1, 0.15) is 6.92 Å². The van der Waals surface area contributed by atoms with Crippen molar-refractivity contribution in [3.63, 3.8) is 0 Å². The van der Waals surface area contributed by atoms with E-state index in [1.807, 2.05) is 0 Å². The summed E-state index contributed by atoms with van der Waals surface area (Å²) in [7, 11) is -5.02. The van der Waals surface area contributed by atoms with Crippen LogP contribution in [0.25, 0.3) is 0 Å². The summed E-state index contributed by atoms with van der Waals surface area (Å²) in [6, 6.07) is 0. The number of rotatable bonds is 11. The third kappa shape index (κ3) is 7.63. The van der Waals surface area contributed by atoms with Gasteiger partial charge in [-0.15, -0.1) is 0 Å². The highest BCUT2D eigenvalue weighted by molar-refractivity contribution is 7.80. The average molecular weight is 452 g/mol. The van der Waals surface area contributed by atoms with Crippen molar-refractivity contribution < 1.29 is 71.9 Å². The molecular formula is C13H24O15S. The van der Waals surface area contributed by atoms with Crippen LogP contribution in [-0.4, -0.2) is 123 Å². The predicted octanol–water partition coefficient (Wildman–Crippen LogP) is -4.84. The fraction of sp³-hybridized carbons (Fsp3) is 0.923. The molecule has 0 aromatic rings. The Morgan fingerprint density at radius 1 is 1.17 bits per heavy atom. The Morgan fingerprint density at radius 3 is 2.21 bits per heavy atom. The minimum atomic E-state index is -5.02. The second-order valence-corrected chi connectivity index (χ2v) is 7.20. The second-order valence-electron chi connectivity index (χ2n) is 6.11. The largest absolute Gasteiger partial charge is 0.479 e. The highest BCUT2D eigenvalue weighted by Crippen LogP contribution is 2.25. The molecular weight excluding hydrogens is 428 g/mol. The Labute approximate surface area is 164 Å². The van der Waals surface area contributed by atoms with E-state index in [0.717, 1.165) is 6.92 Å². The SMILES string of the molecule is C[C@H](O)C(OC(OC1C(O)C(O)OC(CO)C1O)[C@@H](O)COS(=O)(=O)O)C(=O)O. The van der Waals surface area contributed by atoms with Gasteiger partial charge in [-0.25, -0.2) is 8.98 Å². The van der Waals surface area contributed by atoms with Gasteiger partial charge in [0.05, 0.1) is 19.3 Å². The van der Waals surface area contributed by atoms with Gasteiger partial charge in [0.15, 0.2) is 18.7 Å². The number of carboxylic acids is 1. The Morgan fingerprint density at radius 2 is 1.76 bits per heavy atom. The van der Waals surface area contributed by atoms with Crippen LogP contribution in [-0.2, 0) is 33.6 Å². The highest BCUT2D eigenvalue weighted by Gasteiger charge is 2.47. The maximum Gasteiger partial charge on any atom is 0.397 e. The molecule has 0 radical (unpaired) electrons. The van der Waals surface area contributed by atoms with Gasteiger partial charge in [-0.1, -0.05) is 0 Å². The number of hydrogen-bond acceptors (Lipinski definition) is 13. The molecule has 0 amide bonds. The van der Waals surface area contributed by atoms with Crippen LogP contribution in [0.5, 0.6) is 0 Å². The third-order valence-corrected chi connectivity index (χ3v) is 4.23. The monoisotopic (exact) mass is 452 g/mol. The van der Waals surface area contributed by atoms with Gasteiger partial charge in [-0.3, -0.25) is 4.55 Å². The van der Waals surface area contributed by atoms with E-state index in [4.69, 9.17) is 29.0 Å². The lowest BCUT2D eigenvalue weighted by Gasteiger charge is -2.42. The molecule has 0 spiro atoms. The van der Waals surface area contributed by atoms with Crippen molar-refractivity contribution in [1.82, 2.24) is 0 Å². The topological polar surface area (TPSA) is 250 Å². The maximum atomic E-state index is 11.2. The lowest BCUT2D eigenvalue weighted by atomic mass is 9.99. The van der Waals surface area contributed by atoms with Crippen molar-refractivity contribution in [3.8, 4) is 0 Å². The minimum absolute atomic E-state index is 0.823. The second kappa shape index (κ2) is 10.8. The van der Waals surface area contributed by atoms with Crippen LogP contribution < -0.4 is 0 Å². The summed E-state index contributed by atoms with van der Waals surface area (Å²) in [5, 5.41) is 67.5. The maximum absolute atomic E-state index is 11.2. The molecule has 29 heavy (non-hydrogen) atoms. The zero-order chi connectivity index (χ0) is 22.5. The van der Waals surface area contributed by atoms with E-state index < -0.39 is 84.9 Å². The first kappa shape index (κ1) is 26.0. The van der Waals surface area contributed by atoms with Crippen LogP contribution in [0, 0.1) is 0 Å². The van der Waals surface area contributed by atoms with Crippen molar-refractivity contribution in [2.75, 3.05) is 13.2 Å². The Bertz CT molecular complexity index is 624. The minimum Gasteiger partial charge on any atom is -0.479 e. The van der Waals surface area contributed by atoms with Crippen molar-refractivity contribution in [2.24, 2.45) is 0 Å². The molecule has 0 aromatic heterocycles. The van der Waals surface area contributed by atoms with Crippen molar-refractivity contribution in [3.05, 3.63) is 0 Å². The molecule has 16 heteroatoms. The molecule has 0 aliphatic carbocycles. The van der Waals surface area contributed by atoms with Crippen molar-refractivity contribution in [1.29, 1.82) is 0 Å². The van der Waals surface area contributed by atoms with E-state index in [9.17, 15) is 38.7 Å². The van der Waals surface area contributed by atoms with E-state index in [0.29, 0.717) is 0 Å². The van der Waals surface area contributed by atoms with Crippen molar-refractivity contribution >= 4 is 16.4 Å². The van der Waals surface area contributed by atoms with E-state index in [-0.39, 0.29) is 0 Å². The number of hydrogen-bond donors (Lipinski definition) is 8. The number of carbonyl (C=O) groups is 1. The standard InChI is InChI=1S/C13H24O15S/c1-4(15)9(11(19)20)27-13(5(16)3-25-29(22,23)24)28-10-7(17)6(2-14)26-12(21)8(10)18/h4-10,12-18,21H,2-3H2,1H3,(H,19,20)(H,22,23,24)/t4-,5-,6?,7?,8?,9?,10?,12?,13?/m0/s1. The number of aliphatic hydroxyl groups is 6. The van der Waals surface area contributed by atoms with Gasteiger partial charge in [-0.05, 0) is 6.92 Å². The normalized spacial score (nSPS) is 32.3. The Kier molecular flexibility index (Phi) is 9.73. The predicted molar refractivity (Wildman–Crippen MR) is 86.3 cm³/mol. The molecule has 1 aliphatic rings. The zero-order valence-corrected chi connectivity index (χ0v) is 15.8. The number of carboxylic acid groups (broad SMARTS) is 1. The molecule has 7 unspecified atom stereocenters. The van der Waals surface area contributed by atoms with Crippen LogP contribution >= 0.6 is 0 Å². The molecule has 15 nitrogen and oxygen atoms in total. The summed E-state index contributed by atoms with van der Waals surface area (Å²) in [5.74, 6) is -1.71. The third-order valence-electron chi connectivity index (χ3n) is 3.80. The molecule has 0 aromatic carbocycles. The fourth-order valence-electron chi connectivity index (χ4n) is 2.35. The highest BCUT2D eigenvalue weighted by atomic mass is 32.3. The Hall–Kier alpha value is -1.02. The van der Waals surface area contributed by atoms with E-state index in [2.05, 4.69) is 4.18 Å². The van der Waals surface area contributed by atoms with Gasteiger partial charge in [-0.2, -0.15) is 8.42 Å². The lowest BCUT2D eigenvalue weighted by Crippen LogP contribution is -2.61. The van der Waals surface area contributed by atoms with E-state index in [1.165, 1.54) is 0 Å². The number of aliphatic carboxylic acids is 1. The summed E-state index contributed by atoms with van der Waals surface area (Å²) in [6.45, 7) is -1.02. The molecule has 1 aliphatic heterocycles. The van der Waals surface area contributed by atoms with Gasteiger partial charge in [0.1, 0.15) is 30.5 Å². The first-order valence-corrected chi connectivity index (χ1v) is 9.47. The van der Waals surface area contributed by atoms with Crippen LogP contribution in [0.15, 0.2) is 0 Å². The molecule has 1 fully saturated rings. The van der Waals surface area contributed by atoms with Crippen LogP contribution in [0.2, 0.25) is 0 Å². The molecule has 8 N–H and O–H groups in total. The quantitative estimate of drug-likeness (QED) is 0.108. The first-order chi connectivity index (χ1) is 13.3. The lowest BCUT2D eigenvalue weighted by molar-refractivity contribution is -0.333. The fourth-order valence-corrected chi connectivity index (χ4v) is 2.66. The first-order valence-electron chi connectivity index (χ1n) is 8.10. The van der Waals surface area contributed by atoms with Gasteiger partial charge >= 0.3 is 16.4 Å². The molecule has 1 saturated heterocycles. The van der Waals surface area contributed by atoms with Gasteiger partial charge in [0.25, 0.3) is 0 Å². The zero-order valence-electron chi connectivity index (χ0n) is 15.0. The molecule has 1 rings (SSSR count). The summed E-state index contributed by atoms with van der Waals surface area (Å²) in [5.41, 5.74) is 0. The molecule has 1 heterocycles. The molecule has 9 atom stereocenters. The van der Waals surface area contributed by atoms with Crippen LogP contribution in [0.4, 0.5) is 0 Å². The van der Waals surface area contributed by atoms with E-state index in [1.54, 1.807) is 0 Å². The number of aliphatic hydroxyl groups excluding tert-OH is 6. The van der Waals surface area contributed by atoms with Gasteiger partial charge < -0.3 is 50.0 Å². The summed E-state index contributed by atoms with van der Waals surface area (Å²) >= 11 is 0. The summed E-state index contributed by atoms with van der Waals surface area (Å²) in [6.07, 6.45) is -17.0. The van der Waals surface area contributed by atoms with Gasteiger partial charge in [0.2, 0.25) is 0 Å². The Balaban J connectivity index is 3.09. The molecule has 0 bridgehead atoms. The van der Waals surface area contributed by atoms with Crippen LogP contribution in [0.3, 0.4) is 0 Å². The number of ether oxygens (including phenoxy) is 3. The average Bonchev–Trinajstić information content (AvgIpc) is 2.60. The van der Waals surface area contributed by atoms with Crippen molar-refractivity contribution in [2.45, 2.75) is 62.2 Å². The molecule has 0 saturated carbocycles.